The first-order chi connectivity index (χ1) is 9.73. The number of ether oxygens (including phenoxy) is 2. The fourth-order valence-electron chi connectivity index (χ4n) is 2.05. The minimum Gasteiger partial charge on any atom is -0.461 e. The Bertz CT molecular complexity index is 406. The summed E-state index contributed by atoms with van der Waals surface area (Å²) < 4.78 is 23.4. The number of rotatable bonds is 3. The van der Waals surface area contributed by atoms with Crippen LogP contribution in [0.15, 0.2) is 11.9 Å². The van der Waals surface area contributed by atoms with Crippen LogP contribution in [-0.4, -0.2) is 42.3 Å². The lowest BCUT2D eigenvalue weighted by atomic mass is 9.96. The number of piperidine rings is 1. The third-order valence-electron chi connectivity index (χ3n) is 3.04. The normalized spacial score (nSPS) is 17.6. The second-order valence-electron chi connectivity index (χ2n) is 6.04. The van der Waals surface area contributed by atoms with E-state index in [9.17, 15) is 14.0 Å². The first-order valence-corrected chi connectivity index (χ1v) is 7.25. The molecule has 0 aromatic heterocycles. The molecular weight excluding hydrogens is 277 g/mol. The molecule has 0 unspecified atom stereocenters. The highest BCUT2D eigenvalue weighted by molar-refractivity contribution is 5.85. The van der Waals surface area contributed by atoms with Crippen molar-refractivity contribution in [3.63, 3.8) is 0 Å². The lowest BCUT2D eigenvalue weighted by Crippen LogP contribution is -2.41. The fourth-order valence-corrected chi connectivity index (χ4v) is 2.05. The van der Waals surface area contributed by atoms with Crippen molar-refractivity contribution in [1.82, 2.24) is 4.90 Å². The van der Waals surface area contributed by atoms with Crippen LogP contribution in [0.4, 0.5) is 9.18 Å². The van der Waals surface area contributed by atoms with Crippen LogP contribution in [0.2, 0.25) is 0 Å². The van der Waals surface area contributed by atoms with Crippen molar-refractivity contribution >= 4 is 12.1 Å². The lowest BCUT2D eigenvalue weighted by molar-refractivity contribution is -0.140. The highest BCUT2D eigenvalue weighted by Gasteiger charge is 2.26. The molecule has 21 heavy (non-hydrogen) atoms. The van der Waals surface area contributed by atoms with E-state index in [-0.39, 0.29) is 18.6 Å². The standard InChI is InChI=1S/C15H24FNO4/c1-5-20-13(18)12(16)10-11-6-8-17(9-7-11)14(19)21-15(2,3)4/h10-11H,5-9H2,1-4H3/b12-10+. The molecule has 1 heterocycles. The van der Waals surface area contributed by atoms with Crippen molar-refractivity contribution in [2.24, 2.45) is 5.92 Å². The van der Waals surface area contributed by atoms with Crippen LogP contribution in [0.25, 0.3) is 0 Å². The number of carbonyl (C=O) groups is 2. The number of amides is 1. The van der Waals surface area contributed by atoms with Gasteiger partial charge in [-0.05, 0) is 52.5 Å². The third-order valence-corrected chi connectivity index (χ3v) is 3.04. The maximum Gasteiger partial charge on any atom is 0.410 e. The van der Waals surface area contributed by atoms with Crippen molar-refractivity contribution < 1.29 is 23.5 Å². The van der Waals surface area contributed by atoms with E-state index in [4.69, 9.17) is 4.74 Å². The van der Waals surface area contributed by atoms with E-state index in [2.05, 4.69) is 4.74 Å². The summed E-state index contributed by atoms with van der Waals surface area (Å²) in [7, 11) is 0. The second kappa shape index (κ2) is 7.43. The molecule has 0 aliphatic carbocycles. The van der Waals surface area contributed by atoms with E-state index in [1.165, 1.54) is 6.08 Å². The number of carbonyl (C=O) groups excluding carboxylic acids is 2. The van der Waals surface area contributed by atoms with Crippen LogP contribution < -0.4 is 0 Å². The summed E-state index contributed by atoms with van der Waals surface area (Å²) in [4.78, 5) is 24.7. The van der Waals surface area contributed by atoms with Crippen LogP contribution in [-0.2, 0) is 14.3 Å². The quantitative estimate of drug-likeness (QED) is 0.594. The summed E-state index contributed by atoms with van der Waals surface area (Å²) >= 11 is 0. The maximum atomic E-state index is 13.5. The molecule has 1 aliphatic rings. The van der Waals surface area contributed by atoms with Gasteiger partial charge in [0.2, 0.25) is 5.83 Å². The molecule has 1 rings (SSSR count). The van der Waals surface area contributed by atoms with Crippen LogP contribution in [0.5, 0.6) is 0 Å². The Labute approximate surface area is 125 Å². The Morgan fingerprint density at radius 3 is 2.33 bits per heavy atom. The van der Waals surface area contributed by atoms with Gasteiger partial charge in [0.1, 0.15) is 5.60 Å². The molecule has 0 bridgehead atoms. The van der Waals surface area contributed by atoms with Gasteiger partial charge in [0.25, 0.3) is 0 Å². The van der Waals surface area contributed by atoms with Crippen LogP contribution >= 0.6 is 0 Å². The molecule has 1 amide bonds. The number of hydrogen-bond donors (Lipinski definition) is 0. The van der Waals surface area contributed by atoms with Gasteiger partial charge in [-0.25, -0.2) is 9.59 Å². The maximum absolute atomic E-state index is 13.5. The van der Waals surface area contributed by atoms with Crippen molar-refractivity contribution in [3.8, 4) is 0 Å². The predicted molar refractivity (Wildman–Crippen MR) is 76.4 cm³/mol. The lowest BCUT2D eigenvalue weighted by Gasteiger charge is -2.32. The number of likely N-dealkylation sites (tertiary alicyclic amines) is 1. The van der Waals surface area contributed by atoms with E-state index in [1.807, 2.05) is 20.8 Å². The van der Waals surface area contributed by atoms with Gasteiger partial charge in [-0.3, -0.25) is 0 Å². The van der Waals surface area contributed by atoms with E-state index in [1.54, 1.807) is 11.8 Å². The summed E-state index contributed by atoms with van der Waals surface area (Å²) in [5.41, 5.74) is -0.524. The zero-order chi connectivity index (χ0) is 16.0. The Balaban J connectivity index is 2.47. The predicted octanol–water partition coefficient (Wildman–Crippen LogP) is 3.05. The molecular formula is C15H24FNO4. The van der Waals surface area contributed by atoms with Crippen LogP contribution in [0.1, 0.15) is 40.5 Å². The number of esters is 1. The van der Waals surface area contributed by atoms with Crippen molar-refractivity contribution in [3.05, 3.63) is 11.9 Å². The van der Waals surface area contributed by atoms with E-state index >= 15 is 0 Å². The van der Waals surface area contributed by atoms with Gasteiger partial charge >= 0.3 is 12.1 Å². The van der Waals surface area contributed by atoms with Gasteiger partial charge in [0.05, 0.1) is 6.61 Å². The molecule has 1 saturated heterocycles. The summed E-state index contributed by atoms with van der Waals surface area (Å²) in [5.74, 6) is -1.84. The zero-order valence-corrected chi connectivity index (χ0v) is 13.1. The molecule has 0 aromatic rings. The average molecular weight is 301 g/mol. The third kappa shape index (κ3) is 6.14. The number of halogens is 1. The van der Waals surface area contributed by atoms with E-state index < -0.39 is 17.4 Å². The first-order valence-electron chi connectivity index (χ1n) is 7.25. The fraction of sp³-hybridized carbons (Fsp3) is 0.733. The first kappa shape index (κ1) is 17.5. The Morgan fingerprint density at radius 1 is 1.29 bits per heavy atom. The van der Waals surface area contributed by atoms with Gasteiger partial charge in [-0.15, -0.1) is 0 Å². The second-order valence-corrected chi connectivity index (χ2v) is 6.04. The largest absolute Gasteiger partial charge is 0.461 e. The SMILES string of the molecule is CCOC(=O)/C(F)=C\C1CCN(C(=O)OC(C)(C)C)CC1. The van der Waals surface area contributed by atoms with Gasteiger partial charge in [0.15, 0.2) is 0 Å². The number of hydrogen-bond acceptors (Lipinski definition) is 4. The molecule has 0 aromatic carbocycles. The topological polar surface area (TPSA) is 55.8 Å². The van der Waals surface area contributed by atoms with Gasteiger partial charge < -0.3 is 14.4 Å². The summed E-state index contributed by atoms with van der Waals surface area (Å²) in [6.07, 6.45) is 2.15. The minimum atomic E-state index is -0.924. The van der Waals surface area contributed by atoms with Crippen molar-refractivity contribution in [2.45, 2.75) is 46.1 Å². The highest BCUT2D eigenvalue weighted by atomic mass is 19.1. The Hall–Kier alpha value is -1.59. The van der Waals surface area contributed by atoms with Crippen LogP contribution in [0.3, 0.4) is 0 Å². The zero-order valence-electron chi connectivity index (χ0n) is 13.1. The molecule has 6 heteroatoms. The monoisotopic (exact) mass is 301 g/mol. The van der Waals surface area contributed by atoms with E-state index in [0.29, 0.717) is 25.9 Å². The molecule has 5 nitrogen and oxygen atoms in total. The van der Waals surface area contributed by atoms with Crippen LogP contribution in [0, 0.1) is 5.92 Å². The van der Waals surface area contributed by atoms with Crippen molar-refractivity contribution in [2.75, 3.05) is 19.7 Å². The molecule has 0 spiro atoms. The summed E-state index contributed by atoms with van der Waals surface area (Å²) in [6.45, 7) is 8.21. The summed E-state index contributed by atoms with van der Waals surface area (Å²) in [5, 5.41) is 0. The van der Waals surface area contributed by atoms with Gasteiger partial charge in [0, 0.05) is 13.1 Å². The van der Waals surface area contributed by atoms with E-state index in [0.717, 1.165) is 0 Å². The summed E-state index contributed by atoms with van der Waals surface area (Å²) in [6, 6.07) is 0. The smallest absolute Gasteiger partial charge is 0.410 e. The molecule has 0 radical (unpaired) electrons. The minimum absolute atomic E-state index is 0.0620. The number of nitrogens with zero attached hydrogens (tertiary/aromatic N) is 1. The average Bonchev–Trinajstić information content (AvgIpc) is 2.37. The molecule has 0 saturated carbocycles. The molecule has 1 aliphatic heterocycles. The van der Waals surface area contributed by atoms with Gasteiger partial charge in [-0.1, -0.05) is 0 Å². The molecule has 0 atom stereocenters. The molecule has 120 valence electrons. The van der Waals surface area contributed by atoms with Crippen molar-refractivity contribution in [1.29, 1.82) is 0 Å². The van der Waals surface area contributed by atoms with Gasteiger partial charge in [-0.2, -0.15) is 4.39 Å². The molecule has 0 N–H and O–H groups in total. The Morgan fingerprint density at radius 2 is 1.86 bits per heavy atom. The molecule has 1 fully saturated rings. The number of allylic oxidation sites excluding steroid dienone is 1. The highest BCUT2D eigenvalue weighted by Crippen LogP contribution is 2.22. The Kier molecular flexibility index (Phi) is 6.18.